The molecule has 20 heavy (non-hydrogen) atoms. The molecule has 2 unspecified atom stereocenters. The Morgan fingerprint density at radius 2 is 2.05 bits per heavy atom. The van der Waals surface area contributed by atoms with E-state index in [4.69, 9.17) is 10.5 Å². The SMILES string of the molecule is C=CCN(C(=O)C1(N)CC(OCC)C1(C)C)C(C)(C)C. The van der Waals surface area contributed by atoms with E-state index in [9.17, 15) is 4.79 Å². The summed E-state index contributed by atoms with van der Waals surface area (Å²) in [5, 5.41) is 0. The van der Waals surface area contributed by atoms with E-state index in [0.717, 1.165) is 0 Å². The van der Waals surface area contributed by atoms with Gasteiger partial charge in [0, 0.05) is 30.5 Å². The Kier molecular flexibility index (Phi) is 4.72. The Hall–Kier alpha value is -0.870. The van der Waals surface area contributed by atoms with Crippen molar-refractivity contribution in [1.29, 1.82) is 0 Å². The molecule has 0 bridgehead atoms. The minimum absolute atomic E-state index is 0.00847. The number of nitrogens with zero attached hydrogens (tertiary/aromatic N) is 1. The van der Waals surface area contributed by atoms with Gasteiger partial charge in [-0.2, -0.15) is 0 Å². The molecule has 0 saturated heterocycles. The zero-order valence-corrected chi connectivity index (χ0v) is 13.8. The Labute approximate surface area is 123 Å². The smallest absolute Gasteiger partial charge is 0.244 e. The molecule has 1 amide bonds. The summed E-state index contributed by atoms with van der Waals surface area (Å²) in [5.74, 6) is -0.00847. The van der Waals surface area contributed by atoms with E-state index in [0.29, 0.717) is 19.6 Å². The molecule has 4 nitrogen and oxygen atoms in total. The van der Waals surface area contributed by atoms with Crippen molar-refractivity contribution < 1.29 is 9.53 Å². The quantitative estimate of drug-likeness (QED) is 0.787. The molecule has 2 atom stereocenters. The third-order valence-corrected chi connectivity index (χ3v) is 4.58. The van der Waals surface area contributed by atoms with Gasteiger partial charge in [0.2, 0.25) is 5.91 Å². The number of ether oxygens (including phenoxy) is 1. The van der Waals surface area contributed by atoms with Crippen molar-refractivity contribution in [3.05, 3.63) is 12.7 Å². The van der Waals surface area contributed by atoms with Crippen LogP contribution in [-0.4, -0.2) is 41.1 Å². The highest BCUT2D eigenvalue weighted by atomic mass is 16.5. The van der Waals surface area contributed by atoms with E-state index >= 15 is 0 Å². The number of hydrogen-bond acceptors (Lipinski definition) is 3. The highest BCUT2D eigenvalue weighted by Gasteiger charge is 2.64. The topological polar surface area (TPSA) is 55.6 Å². The van der Waals surface area contributed by atoms with Crippen LogP contribution in [0.15, 0.2) is 12.7 Å². The van der Waals surface area contributed by atoms with Crippen LogP contribution in [0, 0.1) is 5.41 Å². The fourth-order valence-corrected chi connectivity index (χ4v) is 2.83. The molecule has 1 aliphatic carbocycles. The lowest BCUT2D eigenvalue weighted by Crippen LogP contribution is -2.77. The van der Waals surface area contributed by atoms with E-state index in [2.05, 4.69) is 6.58 Å². The summed E-state index contributed by atoms with van der Waals surface area (Å²) >= 11 is 0. The number of nitrogens with two attached hydrogens (primary N) is 1. The molecule has 0 aromatic heterocycles. The molecule has 1 aliphatic rings. The lowest BCUT2D eigenvalue weighted by molar-refractivity contribution is -0.182. The zero-order chi connectivity index (χ0) is 15.8. The Balaban J connectivity index is 2.99. The van der Waals surface area contributed by atoms with Gasteiger partial charge in [0.25, 0.3) is 0 Å². The molecule has 1 rings (SSSR count). The second kappa shape index (κ2) is 5.49. The fourth-order valence-electron chi connectivity index (χ4n) is 2.83. The lowest BCUT2D eigenvalue weighted by Gasteiger charge is -2.59. The van der Waals surface area contributed by atoms with Crippen molar-refractivity contribution in [3.63, 3.8) is 0 Å². The van der Waals surface area contributed by atoms with Crippen LogP contribution in [0.25, 0.3) is 0 Å². The molecule has 0 spiro atoms. The standard InChI is InChI=1S/C16H30N2O2/c1-8-10-18(14(3,4)5)13(19)16(17)11-12(20-9-2)15(16,6)7/h8,12H,1,9-11,17H2,2-7H3. The van der Waals surface area contributed by atoms with Crippen LogP contribution in [0.4, 0.5) is 0 Å². The van der Waals surface area contributed by atoms with Crippen molar-refractivity contribution >= 4 is 5.91 Å². The van der Waals surface area contributed by atoms with Gasteiger partial charge < -0.3 is 15.4 Å². The molecular formula is C16H30N2O2. The van der Waals surface area contributed by atoms with Gasteiger partial charge in [-0.05, 0) is 27.7 Å². The summed E-state index contributed by atoms with van der Waals surface area (Å²) in [5.41, 5.74) is 4.98. The van der Waals surface area contributed by atoms with E-state index < -0.39 is 5.54 Å². The van der Waals surface area contributed by atoms with Crippen LogP contribution < -0.4 is 5.73 Å². The molecule has 0 aliphatic heterocycles. The summed E-state index contributed by atoms with van der Waals surface area (Å²) in [6.45, 7) is 17.0. The van der Waals surface area contributed by atoms with Gasteiger partial charge in [-0.1, -0.05) is 19.9 Å². The normalized spacial score (nSPS) is 28.6. The molecule has 0 heterocycles. The summed E-state index contributed by atoms with van der Waals surface area (Å²) in [4.78, 5) is 14.8. The Bertz CT molecular complexity index is 384. The molecule has 2 N–H and O–H groups in total. The van der Waals surface area contributed by atoms with Crippen LogP contribution in [0.2, 0.25) is 0 Å². The fraction of sp³-hybridized carbons (Fsp3) is 0.812. The van der Waals surface area contributed by atoms with Gasteiger partial charge in [-0.15, -0.1) is 6.58 Å². The highest BCUT2D eigenvalue weighted by Crippen LogP contribution is 2.51. The van der Waals surface area contributed by atoms with Crippen LogP contribution in [-0.2, 0) is 9.53 Å². The predicted molar refractivity (Wildman–Crippen MR) is 82.4 cm³/mol. The number of rotatable bonds is 5. The van der Waals surface area contributed by atoms with Gasteiger partial charge >= 0.3 is 0 Å². The first-order valence-electron chi connectivity index (χ1n) is 7.35. The van der Waals surface area contributed by atoms with Crippen molar-refractivity contribution in [3.8, 4) is 0 Å². The Morgan fingerprint density at radius 3 is 2.40 bits per heavy atom. The first-order valence-corrected chi connectivity index (χ1v) is 7.35. The van der Waals surface area contributed by atoms with E-state index in [1.54, 1.807) is 6.08 Å². The van der Waals surface area contributed by atoms with Gasteiger partial charge in [-0.3, -0.25) is 4.79 Å². The van der Waals surface area contributed by atoms with Crippen LogP contribution >= 0.6 is 0 Å². The number of carbonyl (C=O) groups is 1. The average molecular weight is 282 g/mol. The van der Waals surface area contributed by atoms with Crippen LogP contribution in [0.1, 0.15) is 48.0 Å². The molecule has 1 fully saturated rings. The minimum atomic E-state index is -0.858. The number of carbonyl (C=O) groups excluding carboxylic acids is 1. The first-order chi connectivity index (χ1) is 9.02. The third kappa shape index (κ3) is 2.63. The van der Waals surface area contributed by atoms with Crippen LogP contribution in [0.3, 0.4) is 0 Å². The largest absolute Gasteiger partial charge is 0.378 e. The van der Waals surface area contributed by atoms with Crippen LogP contribution in [0.5, 0.6) is 0 Å². The summed E-state index contributed by atoms with van der Waals surface area (Å²) in [7, 11) is 0. The average Bonchev–Trinajstić information content (AvgIpc) is 2.33. The van der Waals surface area contributed by atoms with Crippen molar-refractivity contribution in [2.24, 2.45) is 11.1 Å². The summed E-state index contributed by atoms with van der Waals surface area (Å²) in [6, 6.07) is 0. The maximum atomic E-state index is 12.9. The second-order valence-electron chi connectivity index (χ2n) is 7.22. The molecule has 0 aromatic rings. The monoisotopic (exact) mass is 282 g/mol. The third-order valence-electron chi connectivity index (χ3n) is 4.58. The van der Waals surface area contributed by atoms with E-state index in [1.807, 2.05) is 46.4 Å². The molecule has 4 heteroatoms. The summed E-state index contributed by atoms with van der Waals surface area (Å²) < 4.78 is 5.69. The zero-order valence-electron chi connectivity index (χ0n) is 13.8. The highest BCUT2D eigenvalue weighted by molar-refractivity contribution is 5.89. The first kappa shape index (κ1) is 17.2. The number of amides is 1. The van der Waals surface area contributed by atoms with E-state index in [-0.39, 0.29) is 23.0 Å². The maximum Gasteiger partial charge on any atom is 0.244 e. The molecule has 1 saturated carbocycles. The minimum Gasteiger partial charge on any atom is -0.378 e. The van der Waals surface area contributed by atoms with Gasteiger partial charge in [0.15, 0.2) is 0 Å². The van der Waals surface area contributed by atoms with Gasteiger partial charge in [0.1, 0.15) is 5.54 Å². The lowest BCUT2D eigenvalue weighted by atomic mass is 9.54. The molecule has 0 aromatic carbocycles. The number of hydrogen-bond donors (Lipinski definition) is 1. The van der Waals surface area contributed by atoms with Gasteiger partial charge in [-0.25, -0.2) is 0 Å². The second-order valence-corrected chi connectivity index (χ2v) is 7.22. The molecule has 116 valence electrons. The van der Waals surface area contributed by atoms with Gasteiger partial charge in [0.05, 0.1) is 6.10 Å². The maximum absolute atomic E-state index is 12.9. The summed E-state index contributed by atoms with van der Waals surface area (Å²) in [6.07, 6.45) is 2.38. The van der Waals surface area contributed by atoms with Crippen molar-refractivity contribution in [1.82, 2.24) is 4.90 Å². The molecule has 0 radical (unpaired) electrons. The van der Waals surface area contributed by atoms with Crippen molar-refractivity contribution in [2.45, 2.75) is 65.1 Å². The Morgan fingerprint density at radius 1 is 1.50 bits per heavy atom. The molecular weight excluding hydrogens is 252 g/mol. The predicted octanol–water partition coefficient (Wildman–Crippen LogP) is 2.33. The van der Waals surface area contributed by atoms with E-state index in [1.165, 1.54) is 0 Å². The van der Waals surface area contributed by atoms with Crippen molar-refractivity contribution in [2.75, 3.05) is 13.2 Å².